The quantitative estimate of drug-likeness (QED) is 0.565. The number of carbonyl (C=O) groups is 1. The van der Waals surface area contributed by atoms with Crippen LogP contribution in [0.4, 0.5) is 0 Å². The number of nitrogens with one attached hydrogen (secondary N) is 1. The van der Waals surface area contributed by atoms with Crippen molar-refractivity contribution < 1.29 is 4.79 Å². The largest absolute Gasteiger partial charge is 0.343 e. The van der Waals surface area contributed by atoms with Crippen LogP contribution in [0.3, 0.4) is 0 Å². The van der Waals surface area contributed by atoms with Gasteiger partial charge in [0.2, 0.25) is 5.91 Å². The average molecular weight is 242 g/mol. The topological polar surface area (TPSA) is 32.3 Å². The van der Waals surface area contributed by atoms with Crippen LogP contribution in [0.5, 0.6) is 0 Å². The van der Waals surface area contributed by atoms with Crippen molar-refractivity contribution in [1.82, 2.24) is 10.2 Å². The van der Waals surface area contributed by atoms with Gasteiger partial charge in [0, 0.05) is 19.5 Å². The van der Waals surface area contributed by atoms with E-state index in [9.17, 15) is 4.79 Å². The maximum Gasteiger partial charge on any atom is 0.222 e. The van der Waals surface area contributed by atoms with Gasteiger partial charge in [-0.2, -0.15) is 0 Å². The first-order valence-corrected chi connectivity index (χ1v) is 7.24. The van der Waals surface area contributed by atoms with E-state index in [0.717, 1.165) is 51.9 Å². The highest BCUT2D eigenvalue weighted by atomic mass is 16.2. The first-order valence-electron chi connectivity index (χ1n) is 7.24. The van der Waals surface area contributed by atoms with E-state index in [0.29, 0.717) is 12.3 Å². The first kappa shape index (κ1) is 16.4. The monoisotopic (exact) mass is 242 g/mol. The van der Waals surface area contributed by atoms with Crippen LogP contribution in [0.25, 0.3) is 0 Å². The van der Waals surface area contributed by atoms with Gasteiger partial charge in [0.25, 0.3) is 0 Å². The summed E-state index contributed by atoms with van der Waals surface area (Å²) in [5.41, 5.74) is 0. The Morgan fingerprint density at radius 2 is 1.65 bits per heavy atom. The zero-order valence-corrected chi connectivity index (χ0v) is 11.9. The molecule has 0 saturated carbocycles. The van der Waals surface area contributed by atoms with E-state index in [2.05, 4.69) is 26.1 Å². The van der Waals surface area contributed by atoms with Crippen molar-refractivity contribution in [2.75, 3.05) is 26.2 Å². The van der Waals surface area contributed by atoms with Crippen LogP contribution in [0.15, 0.2) is 0 Å². The standard InChI is InChI=1S/C14H30N2O/c1-4-7-12-16(14(17)9-5-2)13-8-11-15-10-6-3/h15H,4-13H2,1-3H3. The Morgan fingerprint density at radius 1 is 0.941 bits per heavy atom. The Hall–Kier alpha value is -0.570. The lowest BCUT2D eigenvalue weighted by Gasteiger charge is -2.22. The number of amides is 1. The summed E-state index contributed by atoms with van der Waals surface area (Å²) < 4.78 is 0. The Kier molecular flexibility index (Phi) is 11.5. The number of carbonyl (C=O) groups excluding carboxylic acids is 1. The fraction of sp³-hybridized carbons (Fsp3) is 0.929. The second-order valence-corrected chi connectivity index (χ2v) is 4.59. The molecule has 0 aliphatic carbocycles. The van der Waals surface area contributed by atoms with Gasteiger partial charge in [-0.3, -0.25) is 4.79 Å². The van der Waals surface area contributed by atoms with Crippen molar-refractivity contribution in [2.45, 2.75) is 59.3 Å². The van der Waals surface area contributed by atoms with Crippen molar-refractivity contribution in [3.63, 3.8) is 0 Å². The average Bonchev–Trinajstić information content (AvgIpc) is 2.33. The van der Waals surface area contributed by atoms with Crippen molar-refractivity contribution in [3.05, 3.63) is 0 Å². The van der Waals surface area contributed by atoms with Crippen LogP contribution in [0, 0.1) is 0 Å². The van der Waals surface area contributed by atoms with Gasteiger partial charge < -0.3 is 10.2 Å². The summed E-state index contributed by atoms with van der Waals surface area (Å²) >= 11 is 0. The molecule has 1 N–H and O–H groups in total. The number of hydrogen-bond donors (Lipinski definition) is 1. The summed E-state index contributed by atoms with van der Waals surface area (Å²) in [6.45, 7) is 10.4. The predicted octanol–water partition coefficient (Wildman–Crippen LogP) is 2.80. The van der Waals surface area contributed by atoms with Gasteiger partial charge in [-0.1, -0.05) is 27.2 Å². The maximum absolute atomic E-state index is 11.9. The molecule has 0 rings (SSSR count). The van der Waals surface area contributed by atoms with Crippen LogP contribution in [-0.2, 0) is 4.79 Å². The van der Waals surface area contributed by atoms with Gasteiger partial charge >= 0.3 is 0 Å². The van der Waals surface area contributed by atoms with Crippen LogP contribution in [0.2, 0.25) is 0 Å². The van der Waals surface area contributed by atoms with Gasteiger partial charge in [0.05, 0.1) is 0 Å². The van der Waals surface area contributed by atoms with E-state index in [4.69, 9.17) is 0 Å². The molecule has 0 atom stereocenters. The van der Waals surface area contributed by atoms with Crippen molar-refractivity contribution in [2.24, 2.45) is 0 Å². The molecule has 0 fully saturated rings. The molecule has 0 aliphatic rings. The number of rotatable bonds is 11. The molecule has 3 nitrogen and oxygen atoms in total. The molecule has 0 heterocycles. The Morgan fingerprint density at radius 3 is 2.24 bits per heavy atom. The van der Waals surface area contributed by atoms with Gasteiger partial charge in [-0.25, -0.2) is 0 Å². The van der Waals surface area contributed by atoms with Crippen LogP contribution < -0.4 is 5.32 Å². The normalized spacial score (nSPS) is 10.5. The zero-order chi connectivity index (χ0) is 12.9. The number of nitrogens with zero attached hydrogens (tertiary/aromatic N) is 1. The van der Waals surface area contributed by atoms with Crippen LogP contribution in [0.1, 0.15) is 59.3 Å². The van der Waals surface area contributed by atoms with Gasteiger partial charge in [-0.05, 0) is 38.8 Å². The molecule has 0 aliphatic heterocycles. The Bertz CT molecular complexity index is 183. The molecule has 0 saturated heterocycles. The molecule has 3 heteroatoms. The summed E-state index contributed by atoms with van der Waals surface area (Å²) in [4.78, 5) is 13.9. The molecule has 17 heavy (non-hydrogen) atoms. The second-order valence-electron chi connectivity index (χ2n) is 4.59. The lowest BCUT2D eigenvalue weighted by Crippen LogP contribution is -2.34. The lowest BCUT2D eigenvalue weighted by molar-refractivity contribution is -0.131. The van der Waals surface area contributed by atoms with E-state index in [1.54, 1.807) is 0 Å². The smallest absolute Gasteiger partial charge is 0.222 e. The minimum atomic E-state index is 0.330. The fourth-order valence-electron chi connectivity index (χ4n) is 1.78. The van der Waals surface area contributed by atoms with E-state index in [1.165, 1.54) is 6.42 Å². The molecule has 0 aromatic heterocycles. The molecule has 0 radical (unpaired) electrons. The SMILES string of the molecule is CCCCN(CCCNCCC)C(=O)CCC. The van der Waals surface area contributed by atoms with Crippen molar-refractivity contribution in [1.29, 1.82) is 0 Å². The minimum absolute atomic E-state index is 0.330. The molecule has 0 aromatic rings. The Balaban J connectivity index is 3.80. The highest BCUT2D eigenvalue weighted by Crippen LogP contribution is 2.02. The third-order valence-corrected chi connectivity index (χ3v) is 2.81. The zero-order valence-electron chi connectivity index (χ0n) is 11.9. The maximum atomic E-state index is 11.9. The van der Waals surface area contributed by atoms with E-state index >= 15 is 0 Å². The number of hydrogen-bond acceptors (Lipinski definition) is 2. The predicted molar refractivity (Wildman–Crippen MR) is 74.2 cm³/mol. The van der Waals surface area contributed by atoms with Crippen molar-refractivity contribution in [3.8, 4) is 0 Å². The fourth-order valence-corrected chi connectivity index (χ4v) is 1.78. The highest BCUT2D eigenvalue weighted by molar-refractivity contribution is 5.76. The summed E-state index contributed by atoms with van der Waals surface area (Å²) in [6, 6.07) is 0. The lowest BCUT2D eigenvalue weighted by atomic mass is 10.2. The minimum Gasteiger partial charge on any atom is -0.343 e. The van der Waals surface area contributed by atoms with Crippen LogP contribution in [-0.4, -0.2) is 37.0 Å². The summed E-state index contributed by atoms with van der Waals surface area (Å²) in [5, 5.41) is 3.38. The molecule has 0 spiro atoms. The van der Waals surface area contributed by atoms with Gasteiger partial charge in [0.15, 0.2) is 0 Å². The third kappa shape index (κ3) is 9.16. The van der Waals surface area contributed by atoms with Crippen molar-refractivity contribution >= 4 is 5.91 Å². The Labute approximate surface area is 107 Å². The van der Waals surface area contributed by atoms with E-state index in [-0.39, 0.29) is 0 Å². The van der Waals surface area contributed by atoms with Gasteiger partial charge in [0.1, 0.15) is 0 Å². The highest BCUT2D eigenvalue weighted by Gasteiger charge is 2.10. The number of unbranched alkanes of at least 4 members (excludes halogenated alkanes) is 1. The molecule has 0 unspecified atom stereocenters. The molecule has 102 valence electrons. The molecule has 0 bridgehead atoms. The third-order valence-electron chi connectivity index (χ3n) is 2.81. The summed E-state index contributed by atoms with van der Waals surface area (Å²) in [7, 11) is 0. The molecular weight excluding hydrogens is 212 g/mol. The molecular formula is C14H30N2O. The summed E-state index contributed by atoms with van der Waals surface area (Å²) in [6.07, 6.45) is 6.18. The first-order chi connectivity index (χ1) is 8.26. The van der Waals surface area contributed by atoms with Gasteiger partial charge in [-0.15, -0.1) is 0 Å². The van der Waals surface area contributed by atoms with Crippen LogP contribution >= 0.6 is 0 Å². The molecule has 1 amide bonds. The second kappa shape index (κ2) is 11.9. The van der Waals surface area contributed by atoms with E-state index in [1.807, 2.05) is 4.90 Å². The summed E-state index contributed by atoms with van der Waals surface area (Å²) in [5.74, 6) is 0.330. The molecule has 0 aromatic carbocycles. The van der Waals surface area contributed by atoms with E-state index < -0.39 is 0 Å².